The molecule has 2 rings (SSSR count). The molecule has 2 N–H and O–H groups in total. The van der Waals surface area contributed by atoms with Crippen LogP contribution in [0.3, 0.4) is 0 Å². The van der Waals surface area contributed by atoms with Gasteiger partial charge in [-0.15, -0.1) is 12.4 Å². The summed E-state index contributed by atoms with van der Waals surface area (Å²) in [6.07, 6.45) is 7.21. The minimum atomic E-state index is 0. The summed E-state index contributed by atoms with van der Waals surface area (Å²) >= 11 is 0. The van der Waals surface area contributed by atoms with E-state index in [1.165, 1.54) is 11.1 Å². The van der Waals surface area contributed by atoms with Crippen molar-refractivity contribution in [3.8, 4) is 0 Å². The largest absolute Gasteiger partial charge is 0.359 e. The van der Waals surface area contributed by atoms with Crippen LogP contribution in [0.5, 0.6) is 0 Å². The minimum absolute atomic E-state index is 0. The molecular formula is C15H22ClN3. The molecule has 0 aliphatic carbocycles. The van der Waals surface area contributed by atoms with Crippen LogP contribution < -0.4 is 5.73 Å². The van der Waals surface area contributed by atoms with Crippen molar-refractivity contribution in [2.45, 2.75) is 13.0 Å². The van der Waals surface area contributed by atoms with E-state index in [0.29, 0.717) is 0 Å². The van der Waals surface area contributed by atoms with Gasteiger partial charge < -0.3 is 15.5 Å². The maximum absolute atomic E-state index is 5.52. The molecule has 1 aromatic rings. The third-order valence-electron chi connectivity index (χ3n) is 3.10. The quantitative estimate of drug-likeness (QED) is 0.869. The van der Waals surface area contributed by atoms with E-state index in [4.69, 9.17) is 5.73 Å². The highest BCUT2D eigenvalue weighted by molar-refractivity contribution is 5.85. The number of halogens is 1. The zero-order valence-electron chi connectivity index (χ0n) is 11.2. The molecule has 0 saturated heterocycles. The zero-order chi connectivity index (χ0) is 12.8. The van der Waals surface area contributed by atoms with Crippen molar-refractivity contribution in [3.63, 3.8) is 0 Å². The normalized spacial score (nSPS) is 13.5. The Balaban J connectivity index is 0.00000180. The Morgan fingerprint density at radius 2 is 1.84 bits per heavy atom. The first-order valence-electron chi connectivity index (χ1n) is 6.39. The fraction of sp³-hybridized carbons (Fsp3) is 0.333. The van der Waals surface area contributed by atoms with Crippen LogP contribution in [-0.4, -0.2) is 29.6 Å². The van der Waals surface area contributed by atoms with E-state index in [9.17, 15) is 0 Å². The van der Waals surface area contributed by atoms with Crippen molar-refractivity contribution in [3.05, 3.63) is 54.4 Å². The molecule has 0 amide bonds. The summed E-state index contributed by atoms with van der Waals surface area (Å²) in [5.41, 5.74) is 8.01. The average Bonchev–Trinajstić information content (AvgIpc) is 2.85. The monoisotopic (exact) mass is 279 g/mol. The van der Waals surface area contributed by atoms with Gasteiger partial charge in [0, 0.05) is 25.5 Å². The maximum Gasteiger partial charge on any atom is 0.0897 e. The summed E-state index contributed by atoms with van der Waals surface area (Å²) in [5, 5.41) is 0. The number of nitrogens with two attached hydrogens (primary N) is 1. The van der Waals surface area contributed by atoms with Crippen molar-refractivity contribution in [2.24, 2.45) is 5.73 Å². The molecule has 0 fully saturated rings. The highest BCUT2D eigenvalue weighted by Gasteiger charge is 2.11. The van der Waals surface area contributed by atoms with Crippen LogP contribution in [0.25, 0.3) is 6.08 Å². The fourth-order valence-corrected chi connectivity index (χ4v) is 2.05. The molecule has 0 atom stereocenters. The molecule has 3 nitrogen and oxygen atoms in total. The number of hydrogen-bond acceptors (Lipinski definition) is 3. The van der Waals surface area contributed by atoms with Gasteiger partial charge >= 0.3 is 0 Å². The Morgan fingerprint density at radius 3 is 2.47 bits per heavy atom. The van der Waals surface area contributed by atoms with Crippen molar-refractivity contribution >= 4 is 18.5 Å². The Kier molecular flexibility index (Phi) is 6.46. The molecule has 1 aliphatic heterocycles. The number of rotatable bonds is 6. The first kappa shape index (κ1) is 15.6. The average molecular weight is 280 g/mol. The minimum Gasteiger partial charge on any atom is -0.359 e. The van der Waals surface area contributed by atoms with Gasteiger partial charge in [0.2, 0.25) is 0 Å². The molecule has 19 heavy (non-hydrogen) atoms. The van der Waals surface area contributed by atoms with E-state index in [1.807, 2.05) is 6.08 Å². The predicted molar refractivity (Wildman–Crippen MR) is 83.7 cm³/mol. The van der Waals surface area contributed by atoms with Gasteiger partial charge in [-0.1, -0.05) is 36.9 Å². The number of benzene rings is 1. The summed E-state index contributed by atoms with van der Waals surface area (Å²) in [6.45, 7) is 7.47. The third kappa shape index (κ3) is 4.62. The molecule has 0 spiro atoms. The Bertz CT molecular complexity index is 414. The summed E-state index contributed by atoms with van der Waals surface area (Å²) in [7, 11) is 0. The van der Waals surface area contributed by atoms with Crippen LogP contribution in [0.4, 0.5) is 0 Å². The molecule has 0 bridgehead atoms. The second kappa shape index (κ2) is 7.87. The molecule has 0 saturated carbocycles. The van der Waals surface area contributed by atoms with E-state index in [0.717, 1.165) is 32.7 Å². The van der Waals surface area contributed by atoms with E-state index in [1.54, 1.807) is 0 Å². The second-order valence-corrected chi connectivity index (χ2v) is 4.59. The van der Waals surface area contributed by atoms with E-state index >= 15 is 0 Å². The van der Waals surface area contributed by atoms with E-state index in [2.05, 4.69) is 53.0 Å². The SMILES string of the molecule is C=Cc1ccc(CN2C=CN(CCCN)C2)cc1.Cl. The molecule has 0 radical (unpaired) electrons. The molecule has 1 aromatic carbocycles. The molecule has 104 valence electrons. The first-order chi connectivity index (χ1) is 8.81. The Morgan fingerprint density at radius 1 is 1.16 bits per heavy atom. The van der Waals surface area contributed by atoms with Crippen molar-refractivity contribution in [1.82, 2.24) is 9.80 Å². The van der Waals surface area contributed by atoms with Gasteiger partial charge in [-0.3, -0.25) is 0 Å². The van der Waals surface area contributed by atoms with E-state index in [-0.39, 0.29) is 12.4 Å². The standard InChI is InChI=1S/C15H21N3.ClH/c1-2-14-4-6-15(7-5-14)12-18-11-10-17(13-18)9-3-8-16;/h2,4-7,10-11H,1,3,8-9,12-13,16H2;1H. The van der Waals surface area contributed by atoms with Crippen LogP contribution in [0.2, 0.25) is 0 Å². The van der Waals surface area contributed by atoms with Gasteiger partial charge in [0.05, 0.1) is 6.67 Å². The predicted octanol–water partition coefficient (Wildman–Crippen LogP) is 2.65. The molecule has 1 aliphatic rings. The molecular weight excluding hydrogens is 258 g/mol. The lowest BCUT2D eigenvalue weighted by Crippen LogP contribution is -2.26. The lowest BCUT2D eigenvalue weighted by molar-refractivity contribution is 0.259. The third-order valence-corrected chi connectivity index (χ3v) is 3.10. The van der Waals surface area contributed by atoms with Gasteiger partial charge in [-0.2, -0.15) is 0 Å². The van der Waals surface area contributed by atoms with Crippen molar-refractivity contribution < 1.29 is 0 Å². The van der Waals surface area contributed by atoms with E-state index < -0.39 is 0 Å². The number of nitrogens with zero attached hydrogens (tertiary/aromatic N) is 2. The van der Waals surface area contributed by atoms with Gasteiger partial charge in [0.15, 0.2) is 0 Å². The summed E-state index contributed by atoms with van der Waals surface area (Å²) < 4.78 is 0. The smallest absolute Gasteiger partial charge is 0.0897 e. The van der Waals surface area contributed by atoms with Crippen LogP contribution in [-0.2, 0) is 6.54 Å². The molecule has 4 heteroatoms. The second-order valence-electron chi connectivity index (χ2n) is 4.59. The van der Waals surface area contributed by atoms with Gasteiger partial charge in [-0.05, 0) is 24.1 Å². The van der Waals surface area contributed by atoms with Crippen LogP contribution in [0, 0.1) is 0 Å². The van der Waals surface area contributed by atoms with Gasteiger partial charge in [0.25, 0.3) is 0 Å². The van der Waals surface area contributed by atoms with Crippen molar-refractivity contribution in [1.29, 1.82) is 0 Å². The summed E-state index contributed by atoms with van der Waals surface area (Å²) in [5.74, 6) is 0. The zero-order valence-corrected chi connectivity index (χ0v) is 12.0. The number of hydrogen-bond donors (Lipinski definition) is 1. The highest BCUT2D eigenvalue weighted by atomic mass is 35.5. The highest BCUT2D eigenvalue weighted by Crippen LogP contribution is 2.13. The summed E-state index contributed by atoms with van der Waals surface area (Å²) in [6, 6.07) is 8.53. The molecule has 0 aromatic heterocycles. The molecule has 1 heterocycles. The van der Waals surface area contributed by atoms with Gasteiger partial charge in [-0.25, -0.2) is 0 Å². The lowest BCUT2D eigenvalue weighted by atomic mass is 10.1. The van der Waals surface area contributed by atoms with Crippen molar-refractivity contribution in [2.75, 3.05) is 19.8 Å². The Labute approximate surface area is 121 Å². The van der Waals surface area contributed by atoms with Crippen LogP contribution in [0.1, 0.15) is 17.5 Å². The first-order valence-corrected chi connectivity index (χ1v) is 6.39. The topological polar surface area (TPSA) is 32.5 Å². The van der Waals surface area contributed by atoms with Crippen LogP contribution >= 0.6 is 12.4 Å². The Hall–Kier alpha value is -1.45. The van der Waals surface area contributed by atoms with Crippen LogP contribution in [0.15, 0.2) is 43.2 Å². The maximum atomic E-state index is 5.52. The molecule has 0 unspecified atom stereocenters. The van der Waals surface area contributed by atoms with Gasteiger partial charge in [0.1, 0.15) is 0 Å². The fourth-order valence-electron chi connectivity index (χ4n) is 2.05. The summed E-state index contributed by atoms with van der Waals surface area (Å²) in [4.78, 5) is 4.60. The lowest BCUT2D eigenvalue weighted by Gasteiger charge is -2.21.